The van der Waals surface area contributed by atoms with E-state index in [1.165, 1.54) is 0 Å². The Bertz CT molecular complexity index is 160. The van der Waals surface area contributed by atoms with Crippen LogP contribution in [0.15, 0.2) is 29.4 Å². The van der Waals surface area contributed by atoms with E-state index >= 15 is 0 Å². The number of rotatable bonds is 0. The highest BCUT2D eigenvalue weighted by molar-refractivity contribution is 5.71. The lowest BCUT2D eigenvalue weighted by atomic mass is 10.5. The van der Waals surface area contributed by atoms with E-state index in [-0.39, 0.29) is 0 Å². The molecule has 0 bridgehead atoms. The first-order chi connectivity index (χ1) is 4.39. The lowest BCUT2D eigenvalue weighted by Gasteiger charge is -2.06. The molecule has 0 fully saturated rings. The highest BCUT2D eigenvalue weighted by Gasteiger charge is 1.86. The zero-order chi connectivity index (χ0) is 6.53. The second-order valence-corrected chi connectivity index (χ2v) is 1.64. The molecule has 0 aliphatic carbocycles. The van der Waals surface area contributed by atoms with Gasteiger partial charge in [0.2, 0.25) is 0 Å². The molecule has 1 heterocycles. The van der Waals surface area contributed by atoms with Crippen LogP contribution < -0.4 is 0 Å². The Hall–Kier alpha value is -1.09. The molecule has 0 saturated heterocycles. The SMILES string of the molecule is ON1\C=C/C=C\C=N/C1. The Labute approximate surface area is 53.6 Å². The van der Waals surface area contributed by atoms with Gasteiger partial charge in [0.05, 0.1) is 0 Å². The van der Waals surface area contributed by atoms with Gasteiger partial charge in [-0.2, -0.15) is 0 Å². The number of allylic oxidation sites excluding steroid dienone is 3. The molecule has 0 radical (unpaired) electrons. The van der Waals surface area contributed by atoms with Crippen molar-refractivity contribution in [2.24, 2.45) is 4.99 Å². The normalized spacial score (nSPS) is 28.3. The van der Waals surface area contributed by atoms with Crippen molar-refractivity contribution in [3.63, 3.8) is 0 Å². The molecule has 1 N–H and O–H groups in total. The molecule has 9 heavy (non-hydrogen) atoms. The smallest absolute Gasteiger partial charge is 0.134 e. The van der Waals surface area contributed by atoms with Crippen LogP contribution in [-0.2, 0) is 0 Å². The fraction of sp³-hybridized carbons (Fsp3) is 0.167. The Morgan fingerprint density at radius 2 is 2.22 bits per heavy atom. The van der Waals surface area contributed by atoms with Crippen LogP contribution in [0.4, 0.5) is 0 Å². The molecule has 48 valence electrons. The predicted octanol–water partition coefficient (Wildman–Crippen LogP) is 0.789. The van der Waals surface area contributed by atoms with E-state index in [0.717, 1.165) is 5.06 Å². The Morgan fingerprint density at radius 3 is 3.11 bits per heavy atom. The molecule has 3 heteroatoms. The summed E-state index contributed by atoms with van der Waals surface area (Å²) in [6.07, 6.45) is 8.54. The quantitative estimate of drug-likeness (QED) is 0.518. The van der Waals surface area contributed by atoms with Crippen molar-refractivity contribution >= 4 is 6.21 Å². The zero-order valence-corrected chi connectivity index (χ0v) is 4.94. The fourth-order valence-electron chi connectivity index (χ4n) is 0.502. The summed E-state index contributed by atoms with van der Waals surface area (Å²) in [5.74, 6) is 0. The first-order valence-corrected chi connectivity index (χ1v) is 2.68. The van der Waals surface area contributed by atoms with E-state index in [0.29, 0.717) is 6.67 Å². The van der Waals surface area contributed by atoms with Crippen molar-refractivity contribution in [1.82, 2.24) is 5.06 Å². The van der Waals surface area contributed by atoms with Crippen molar-refractivity contribution in [3.05, 3.63) is 24.4 Å². The van der Waals surface area contributed by atoms with E-state index in [4.69, 9.17) is 5.21 Å². The second kappa shape index (κ2) is 3.04. The summed E-state index contributed by atoms with van der Waals surface area (Å²) in [5, 5.41) is 9.83. The maximum atomic E-state index is 8.81. The average molecular weight is 124 g/mol. The lowest BCUT2D eigenvalue weighted by Crippen LogP contribution is -2.11. The molecule has 0 aromatic carbocycles. The molecular weight excluding hydrogens is 116 g/mol. The largest absolute Gasteiger partial charge is 0.287 e. The van der Waals surface area contributed by atoms with Crippen LogP contribution in [0, 0.1) is 0 Å². The minimum absolute atomic E-state index is 0.306. The summed E-state index contributed by atoms with van der Waals surface area (Å²) < 4.78 is 0. The molecule has 0 aromatic heterocycles. The van der Waals surface area contributed by atoms with Gasteiger partial charge in [-0.05, 0) is 12.2 Å². The van der Waals surface area contributed by atoms with Gasteiger partial charge in [-0.25, -0.2) is 5.06 Å². The summed E-state index contributed by atoms with van der Waals surface area (Å²) in [7, 11) is 0. The number of hydrogen-bond acceptors (Lipinski definition) is 3. The molecule has 3 nitrogen and oxygen atoms in total. The van der Waals surface area contributed by atoms with Gasteiger partial charge in [-0.15, -0.1) is 0 Å². The monoisotopic (exact) mass is 124 g/mol. The van der Waals surface area contributed by atoms with E-state index in [1.54, 1.807) is 24.6 Å². The molecular formula is C6H8N2O. The third-order valence-corrected chi connectivity index (χ3v) is 0.898. The topological polar surface area (TPSA) is 35.8 Å². The third kappa shape index (κ3) is 2.10. The fourth-order valence-corrected chi connectivity index (χ4v) is 0.502. The molecule has 0 atom stereocenters. The van der Waals surface area contributed by atoms with Crippen LogP contribution in [0.3, 0.4) is 0 Å². The van der Waals surface area contributed by atoms with Crippen molar-refractivity contribution < 1.29 is 5.21 Å². The average Bonchev–Trinajstić information content (AvgIpc) is 1.79. The van der Waals surface area contributed by atoms with Crippen molar-refractivity contribution in [2.75, 3.05) is 6.67 Å². The van der Waals surface area contributed by atoms with Crippen LogP contribution >= 0.6 is 0 Å². The third-order valence-electron chi connectivity index (χ3n) is 0.898. The Morgan fingerprint density at radius 1 is 1.33 bits per heavy atom. The number of aliphatic imine (C=N–C) groups is 1. The summed E-state index contributed by atoms with van der Waals surface area (Å²) in [5.41, 5.74) is 0. The van der Waals surface area contributed by atoms with Crippen LogP contribution in [0.2, 0.25) is 0 Å². The minimum atomic E-state index is 0.306. The number of hydrogen-bond donors (Lipinski definition) is 1. The number of hydroxylamine groups is 2. The van der Waals surface area contributed by atoms with Gasteiger partial charge in [0.1, 0.15) is 6.67 Å². The van der Waals surface area contributed by atoms with E-state index in [2.05, 4.69) is 4.99 Å². The first-order valence-electron chi connectivity index (χ1n) is 2.68. The highest BCUT2D eigenvalue weighted by atomic mass is 16.5. The van der Waals surface area contributed by atoms with Crippen LogP contribution in [0.1, 0.15) is 0 Å². The minimum Gasteiger partial charge on any atom is -0.287 e. The summed E-state index contributed by atoms with van der Waals surface area (Å²) in [6.45, 7) is 0.306. The molecule has 1 aliphatic rings. The maximum Gasteiger partial charge on any atom is 0.134 e. The highest BCUT2D eigenvalue weighted by Crippen LogP contribution is 1.87. The molecule has 0 unspecified atom stereocenters. The van der Waals surface area contributed by atoms with Crippen molar-refractivity contribution in [2.45, 2.75) is 0 Å². The number of nitrogens with zero attached hydrogens (tertiary/aromatic N) is 2. The van der Waals surface area contributed by atoms with E-state index in [9.17, 15) is 0 Å². The van der Waals surface area contributed by atoms with Gasteiger partial charge in [0.15, 0.2) is 0 Å². The lowest BCUT2D eigenvalue weighted by molar-refractivity contribution is -0.0375. The summed E-state index contributed by atoms with van der Waals surface area (Å²) in [4.78, 5) is 3.82. The van der Waals surface area contributed by atoms with Crippen molar-refractivity contribution in [3.8, 4) is 0 Å². The van der Waals surface area contributed by atoms with Gasteiger partial charge in [0.25, 0.3) is 0 Å². The molecule has 0 amide bonds. The van der Waals surface area contributed by atoms with E-state index < -0.39 is 0 Å². The van der Waals surface area contributed by atoms with Gasteiger partial charge in [-0.3, -0.25) is 10.2 Å². The first kappa shape index (κ1) is 6.04. The molecule has 1 aliphatic heterocycles. The maximum absolute atomic E-state index is 8.81. The van der Waals surface area contributed by atoms with E-state index in [1.807, 2.05) is 6.08 Å². The Balaban J connectivity index is 2.59. The summed E-state index contributed by atoms with van der Waals surface area (Å²) in [6, 6.07) is 0. The summed E-state index contributed by atoms with van der Waals surface area (Å²) >= 11 is 0. The zero-order valence-electron chi connectivity index (χ0n) is 4.94. The second-order valence-electron chi connectivity index (χ2n) is 1.64. The Kier molecular flexibility index (Phi) is 2.04. The molecule has 0 saturated carbocycles. The van der Waals surface area contributed by atoms with Gasteiger partial charge in [0, 0.05) is 12.4 Å². The van der Waals surface area contributed by atoms with Crippen LogP contribution in [0.25, 0.3) is 0 Å². The van der Waals surface area contributed by atoms with Gasteiger partial charge in [-0.1, -0.05) is 6.08 Å². The molecule has 0 aromatic rings. The van der Waals surface area contributed by atoms with Gasteiger partial charge >= 0.3 is 0 Å². The predicted molar refractivity (Wildman–Crippen MR) is 35.3 cm³/mol. The van der Waals surface area contributed by atoms with Crippen molar-refractivity contribution in [1.29, 1.82) is 0 Å². The van der Waals surface area contributed by atoms with Gasteiger partial charge < -0.3 is 0 Å². The molecule has 1 rings (SSSR count). The van der Waals surface area contributed by atoms with Crippen LogP contribution in [-0.4, -0.2) is 23.2 Å². The standard InChI is InChI=1S/C6H8N2O/c9-8-5-3-1-2-4-7-6-8/h1-5,9H,6H2/b2-1-,5-3-,7-4-. The molecule has 0 spiro atoms. The van der Waals surface area contributed by atoms with Crippen LogP contribution in [0.5, 0.6) is 0 Å².